The van der Waals surface area contributed by atoms with Gasteiger partial charge in [0.15, 0.2) is 0 Å². The maximum absolute atomic E-state index is 11.6. The van der Waals surface area contributed by atoms with E-state index >= 15 is 0 Å². The lowest BCUT2D eigenvalue weighted by atomic mass is 10.3. The number of benzene rings is 1. The van der Waals surface area contributed by atoms with E-state index in [0.717, 1.165) is 0 Å². The van der Waals surface area contributed by atoms with Crippen LogP contribution in [0.4, 0.5) is 5.69 Å². The maximum Gasteiger partial charge on any atom is 0.350 e. The Hall–Kier alpha value is -1.21. The molecule has 0 aromatic heterocycles. The zero-order valence-electron chi connectivity index (χ0n) is 10.2. The number of anilines is 1. The van der Waals surface area contributed by atoms with Gasteiger partial charge in [-0.05, 0) is 24.3 Å². The van der Waals surface area contributed by atoms with Gasteiger partial charge in [-0.3, -0.25) is 13.9 Å². The molecule has 20 heavy (non-hydrogen) atoms. The molecule has 0 bridgehead atoms. The van der Waals surface area contributed by atoms with Crippen LogP contribution in [0.2, 0.25) is 0 Å². The van der Waals surface area contributed by atoms with Gasteiger partial charge in [-0.2, -0.15) is 0 Å². The predicted molar refractivity (Wildman–Crippen MR) is 69.5 cm³/mol. The fourth-order valence-electron chi connectivity index (χ4n) is 1.38. The minimum Gasteiger partial charge on any atom is -0.497 e. The Morgan fingerprint density at radius 3 is 1.90 bits per heavy atom. The lowest BCUT2D eigenvalue weighted by Crippen LogP contribution is -2.27. The van der Waals surface area contributed by atoms with Crippen LogP contribution in [0.15, 0.2) is 24.3 Å². The number of methoxy groups -OCH3 is 1. The van der Waals surface area contributed by atoms with Crippen molar-refractivity contribution in [1.82, 2.24) is 0 Å². The highest BCUT2D eigenvalue weighted by atomic mass is 31.2. The van der Waals surface area contributed by atoms with Crippen molar-refractivity contribution in [2.75, 3.05) is 12.4 Å². The summed E-state index contributed by atoms with van der Waals surface area (Å²) in [5.41, 5.74) is 0.114. The number of ether oxygens (including phenoxy) is 1. The van der Waals surface area contributed by atoms with Gasteiger partial charge in [0.25, 0.3) is 5.91 Å². The van der Waals surface area contributed by atoms with Crippen LogP contribution in [-0.4, -0.2) is 38.0 Å². The van der Waals surface area contributed by atoms with Gasteiger partial charge in [-0.15, -0.1) is 0 Å². The summed E-state index contributed by atoms with van der Waals surface area (Å²) in [4.78, 5) is 47.2. The molecule has 0 saturated heterocycles. The lowest BCUT2D eigenvalue weighted by Gasteiger charge is -2.18. The number of carbonyl (C=O) groups is 1. The Morgan fingerprint density at radius 1 is 1.10 bits per heavy atom. The maximum atomic E-state index is 11.6. The molecular formula is C9H13NO8P2. The number of carbonyl (C=O) groups excluding carboxylic acids is 1. The van der Waals surface area contributed by atoms with Crippen molar-refractivity contribution >= 4 is 26.8 Å². The number of rotatable bonds is 5. The minimum atomic E-state index is -5.31. The molecule has 0 aliphatic rings. The Labute approximate surface area is 113 Å². The van der Waals surface area contributed by atoms with E-state index < -0.39 is 26.5 Å². The molecule has 0 heterocycles. The van der Waals surface area contributed by atoms with Gasteiger partial charge in [0.05, 0.1) is 7.11 Å². The normalized spacial score (nSPS) is 12.3. The molecule has 0 aliphatic heterocycles. The first-order chi connectivity index (χ1) is 9.05. The standard InChI is InChI=1S/C9H13NO8P2/c1-18-7-4-2-6(3-5-7)10-8(11)9(19(12,13)14)20(15,16)17/h2-5,9H,1H3,(H,10,11)(H2,12,13,14)(H2,15,16,17). The van der Waals surface area contributed by atoms with E-state index in [9.17, 15) is 13.9 Å². The highest BCUT2D eigenvalue weighted by Gasteiger charge is 2.49. The molecular weight excluding hydrogens is 312 g/mol. The molecule has 0 spiro atoms. The molecule has 11 heteroatoms. The highest BCUT2D eigenvalue weighted by molar-refractivity contribution is 7.72. The van der Waals surface area contributed by atoms with Gasteiger partial charge < -0.3 is 29.6 Å². The average molecular weight is 325 g/mol. The third-order valence-electron chi connectivity index (χ3n) is 2.23. The van der Waals surface area contributed by atoms with Crippen molar-refractivity contribution < 1.29 is 38.2 Å². The fourth-order valence-corrected chi connectivity index (χ4v) is 3.69. The van der Waals surface area contributed by atoms with Gasteiger partial charge in [0.2, 0.25) is 5.40 Å². The van der Waals surface area contributed by atoms with Gasteiger partial charge >= 0.3 is 15.2 Å². The number of nitrogens with one attached hydrogen (secondary N) is 1. The van der Waals surface area contributed by atoms with Gasteiger partial charge in [0, 0.05) is 5.69 Å². The van der Waals surface area contributed by atoms with Crippen molar-refractivity contribution in [3.8, 4) is 5.75 Å². The summed E-state index contributed by atoms with van der Waals surface area (Å²) in [6.45, 7) is 0. The van der Waals surface area contributed by atoms with Crippen LogP contribution in [-0.2, 0) is 13.9 Å². The Kier molecular flexibility index (Phi) is 5.10. The van der Waals surface area contributed by atoms with Crippen LogP contribution < -0.4 is 10.1 Å². The molecule has 1 rings (SSSR count). The van der Waals surface area contributed by atoms with Crippen LogP contribution >= 0.6 is 15.2 Å². The van der Waals surface area contributed by atoms with E-state index in [4.69, 9.17) is 24.3 Å². The van der Waals surface area contributed by atoms with E-state index in [1.165, 1.54) is 31.4 Å². The largest absolute Gasteiger partial charge is 0.497 e. The van der Waals surface area contributed by atoms with Gasteiger partial charge in [-0.1, -0.05) is 0 Å². The summed E-state index contributed by atoms with van der Waals surface area (Å²) in [6.07, 6.45) is 0. The van der Waals surface area contributed by atoms with Gasteiger partial charge in [0.1, 0.15) is 5.75 Å². The molecule has 1 amide bonds. The van der Waals surface area contributed by atoms with Crippen molar-refractivity contribution in [3.05, 3.63) is 24.3 Å². The van der Waals surface area contributed by atoms with Crippen molar-refractivity contribution in [2.45, 2.75) is 5.40 Å². The van der Waals surface area contributed by atoms with Crippen molar-refractivity contribution in [1.29, 1.82) is 0 Å². The molecule has 0 fully saturated rings. The minimum absolute atomic E-state index is 0.114. The fraction of sp³-hybridized carbons (Fsp3) is 0.222. The number of hydrogen-bond acceptors (Lipinski definition) is 4. The quantitative estimate of drug-likeness (QED) is 0.485. The molecule has 0 saturated carbocycles. The predicted octanol–water partition coefficient (Wildman–Crippen LogP) is 0.315. The Balaban J connectivity index is 2.97. The van der Waals surface area contributed by atoms with Crippen LogP contribution in [0.25, 0.3) is 0 Å². The van der Waals surface area contributed by atoms with Crippen molar-refractivity contribution in [2.24, 2.45) is 0 Å². The second kappa shape index (κ2) is 6.05. The molecule has 1 aromatic rings. The third-order valence-corrected chi connectivity index (χ3v) is 5.78. The molecule has 1 aromatic carbocycles. The SMILES string of the molecule is COc1ccc(NC(=O)C(P(=O)(O)O)P(=O)(O)O)cc1. The zero-order valence-corrected chi connectivity index (χ0v) is 12.0. The summed E-state index contributed by atoms with van der Waals surface area (Å²) in [5, 5.41) is -0.711. The second-order valence-corrected chi connectivity index (χ2v) is 7.57. The summed E-state index contributed by atoms with van der Waals surface area (Å²) in [5.74, 6) is -0.985. The van der Waals surface area contributed by atoms with Gasteiger partial charge in [-0.25, -0.2) is 0 Å². The van der Waals surface area contributed by atoms with Crippen LogP contribution in [0, 0.1) is 0 Å². The lowest BCUT2D eigenvalue weighted by molar-refractivity contribution is -0.115. The molecule has 112 valence electrons. The average Bonchev–Trinajstić information content (AvgIpc) is 2.25. The Morgan fingerprint density at radius 2 is 1.55 bits per heavy atom. The van der Waals surface area contributed by atoms with E-state index in [-0.39, 0.29) is 5.69 Å². The van der Waals surface area contributed by atoms with Crippen LogP contribution in [0.3, 0.4) is 0 Å². The summed E-state index contributed by atoms with van der Waals surface area (Å²) >= 11 is 0. The second-order valence-electron chi connectivity index (χ2n) is 3.77. The number of hydrogen-bond donors (Lipinski definition) is 5. The highest BCUT2D eigenvalue weighted by Crippen LogP contribution is 2.60. The molecule has 0 radical (unpaired) electrons. The monoisotopic (exact) mass is 325 g/mol. The smallest absolute Gasteiger partial charge is 0.350 e. The van der Waals surface area contributed by atoms with E-state index in [0.29, 0.717) is 5.75 Å². The topological polar surface area (TPSA) is 153 Å². The molecule has 0 aliphatic carbocycles. The first-order valence-electron chi connectivity index (χ1n) is 5.11. The van der Waals surface area contributed by atoms with E-state index in [2.05, 4.69) is 0 Å². The van der Waals surface area contributed by atoms with Crippen LogP contribution in [0.5, 0.6) is 5.75 Å². The first kappa shape index (κ1) is 16.8. The molecule has 9 nitrogen and oxygen atoms in total. The summed E-state index contributed by atoms with van der Waals surface area (Å²) in [6, 6.07) is 5.62. The Bertz CT molecular complexity index is 552. The third kappa shape index (κ3) is 4.42. The molecule has 0 atom stereocenters. The summed E-state index contributed by atoms with van der Waals surface area (Å²) in [7, 11) is -9.19. The van der Waals surface area contributed by atoms with Crippen LogP contribution in [0.1, 0.15) is 0 Å². The molecule has 5 N–H and O–H groups in total. The number of amides is 1. The van der Waals surface area contributed by atoms with E-state index in [1.807, 2.05) is 5.32 Å². The zero-order chi connectivity index (χ0) is 15.6. The van der Waals surface area contributed by atoms with E-state index in [1.54, 1.807) is 0 Å². The van der Waals surface area contributed by atoms with Crippen molar-refractivity contribution in [3.63, 3.8) is 0 Å². The first-order valence-corrected chi connectivity index (χ1v) is 8.47. The summed E-state index contributed by atoms with van der Waals surface area (Å²) < 4.78 is 26.9. The molecule has 0 unspecified atom stereocenters.